The van der Waals surface area contributed by atoms with Crippen LogP contribution in [-0.4, -0.2) is 64.3 Å². The molecule has 0 radical (unpaired) electrons. The van der Waals surface area contributed by atoms with Crippen LogP contribution in [0.4, 0.5) is 4.79 Å². The van der Waals surface area contributed by atoms with Crippen molar-refractivity contribution in [2.24, 2.45) is 5.92 Å². The maximum Gasteiger partial charge on any atom is 0.415 e. The third kappa shape index (κ3) is 5.30. The van der Waals surface area contributed by atoms with Crippen molar-refractivity contribution in [3.8, 4) is 0 Å². The average Bonchev–Trinajstić information content (AvgIpc) is 2.31. The first-order valence-electron chi connectivity index (χ1n) is 7.98. The van der Waals surface area contributed by atoms with Gasteiger partial charge >= 0.3 is 13.1 Å². The van der Waals surface area contributed by atoms with Crippen molar-refractivity contribution < 1.29 is 19.7 Å². The molecular formula is C15H29BN2O4. The minimum atomic E-state index is -0.476. The Morgan fingerprint density at radius 1 is 1.36 bits per heavy atom. The molecule has 0 aromatic carbocycles. The molecule has 1 atom stereocenters. The highest BCUT2D eigenvalue weighted by Gasteiger charge is 2.35. The molecule has 0 bridgehead atoms. The molecule has 1 aliphatic rings. The number of hydrogen-bond acceptors (Lipinski definition) is 5. The van der Waals surface area contributed by atoms with Gasteiger partial charge in [0.1, 0.15) is 0 Å². The molecule has 0 aliphatic carbocycles. The van der Waals surface area contributed by atoms with Crippen LogP contribution in [0.15, 0.2) is 12.3 Å². The lowest BCUT2D eigenvalue weighted by molar-refractivity contribution is 0.0306. The van der Waals surface area contributed by atoms with E-state index in [0.29, 0.717) is 19.5 Å². The van der Waals surface area contributed by atoms with Crippen LogP contribution in [0.1, 0.15) is 34.1 Å². The second-order valence-corrected chi connectivity index (χ2v) is 6.50. The molecule has 1 aliphatic heterocycles. The van der Waals surface area contributed by atoms with Crippen molar-refractivity contribution in [1.29, 1.82) is 0 Å². The summed E-state index contributed by atoms with van der Waals surface area (Å²) in [6.45, 7) is 10.9. The van der Waals surface area contributed by atoms with Crippen LogP contribution in [0.2, 0.25) is 6.82 Å². The highest BCUT2D eigenvalue weighted by Crippen LogP contribution is 2.21. The molecule has 1 fully saturated rings. The van der Waals surface area contributed by atoms with Gasteiger partial charge in [0.05, 0.1) is 12.4 Å². The van der Waals surface area contributed by atoms with Crippen molar-refractivity contribution in [2.45, 2.75) is 59.1 Å². The van der Waals surface area contributed by atoms with Gasteiger partial charge in [0.2, 0.25) is 0 Å². The molecule has 0 aromatic rings. The first-order chi connectivity index (χ1) is 10.2. The largest absolute Gasteiger partial charge is 0.437 e. The molecule has 1 rings (SSSR count). The maximum atomic E-state index is 11.9. The second kappa shape index (κ2) is 8.55. The van der Waals surface area contributed by atoms with Crippen LogP contribution in [0.5, 0.6) is 0 Å². The average molecular weight is 312 g/mol. The molecule has 22 heavy (non-hydrogen) atoms. The van der Waals surface area contributed by atoms with E-state index in [1.54, 1.807) is 17.8 Å². The lowest BCUT2D eigenvalue weighted by atomic mass is 9.76. The summed E-state index contributed by atoms with van der Waals surface area (Å²) in [7, 11) is -0.460. The van der Waals surface area contributed by atoms with Crippen LogP contribution in [0.3, 0.4) is 0 Å². The van der Waals surface area contributed by atoms with Crippen molar-refractivity contribution in [3.05, 3.63) is 12.3 Å². The van der Waals surface area contributed by atoms with Gasteiger partial charge in [-0.15, -0.1) is 0 Å². The van der Waals surface area contributed by atoms with Gasteiger partial charge in [-0.2, -0.15) is 0 Å². The summed E-state index contributed by atoms with van der Waals surface area (Å²) in [5.74, 6) is 0.165. The molecular weight excluding hydrogens is 283 g/mol. The first kappa shape index (κ1) is 19.0. The number of nitrogens with zero attached hydrogens (tertiary/aromatic N) is 2. The van der Waals surface area contributed by atoms with Gasteiger partial charge in [-0.25, -0.2) is 4.79 Å². The number of amides is 1. The summed E-state index contributed by atoms with van der Waals surface area (Å²) in [6.07, 6.45) is 2.62. The van der Waals surface area contributed by atoms with Gasteiger partial charge in [0.15, 0.2) is 0 Å². The number of aliphatic hydroxyl groups excluding tert-OH is 1. The van der Waals surface area contributed by atoms with Crippen LogP contribution in [-0.2, 0) is 4.74 Å². The predicted octanol–water partition coefficient (Wildman–Crippen LogP) is 1.55. The smallest absolute Gasteiger partial charge is 0.415 e. The Hall–Kier alpha value is -1.05. The molecule has 1 saturated heterocycles. The monoisotopic (exact) mass is 312 g/mol. The lowest BCUT2D eigenvalue weighted by Gasteiger charge is -2.42. The van der Waals surface area contributed by atoms with E-state index >= 15 is 0 Å². The highest BCUT2D eigenvalue weighted by molar-refractivity contribution is 6.45. The van der Waals surface area contributed by atoms with Crippen molar-refractivity contribution in [3.63, 3.8) is 0 Å². The SMILES string of the molecule is CB(O)N1CC(C(O)CC=COC(=O)N(C(C)C)C(C)C)C1. The van der Waals surface area contributed by atoms with Gasteiger partial charge < -0.3 is 24.6 Å². The third-order valence-electron chi connectivity index (χ3n) is 3.98. The summed E-state index contributed by atoms with van der Waals surface area (Å²) in [6, 6.07) is 0.154. The van der Waals surface area contributed by atoms with Gasteiger partial charge in [0, 0.05) is 18.0 Å². The van der Waals surface area contributed by atoms with E-state index < -0.39 is 13.2 Å². The van der Waals surface area contributed by atoms with Crippen molar-refractivity contribution >= 4 is 13.1 Å². The summed E-state index contributed by atoms with van der Waals surface area (Å²) < 4.78 is 5.11. The van der Waals surface area contributed by atoms with Gasteiger partial charge in [-0.3, -0.25) is 0 Å². The molecule has 126 valence electrons. The third-order valence-corrected chi connectivity index (χ3v) is 3.98. The molecule has 0 spiro atoms. The Bertz CT molecular complexity index is 374. The van der Waals surface area contributed by atoms with E-state index in [1.807, 2.05) is 32.5 Å². The van der Waals surface area contributed by atoms with Gasteiger partial charge in [-0.1, -0.05) is 0 Å². The minimum Gasteiger partial charge on any atom is -0.437 e. The molecule has 1 heterocycles. The summed E-state index contributed by atoms with van der Waals surface area (Å²) in [5.41, 5.74) is 0. The number of aliphatic hydroxyl groups is 1. The van der Waals surface area contributed by atoms with E-state index in [-0.39, 0.29) is 24.1 Å². The zero-order valence-corrected chi connectivity index (χ0v) is 14.3. The molecule has 7 heteroatoms. The lowest BCUT2D eigenvalue weighted by Crippen LogP contribution is -2.57. The first-order valence-corrected chi connectivity index (χ1v) is 7.98. The molecule has 6 nitrogen and oxygen atoms in total. The Kier molecular flexibility index (Phi) is 7.39. The Morgan fingerprint density at radius 2 is 1.91 bits per heavy atom. The topological polar surface area (TPSA) is 73.2 Å². The quantitative estimate of drug-likeness (QED) is 0.551. The summed E-state index contributed by atoms with van der Waals surface area (Å²) >= 11 is 0. The van der Waals surface area contributed by atoms with Crippen LogP contribution < -0.4 is 0 Å². The van der Waals surface area contributed by atoms with E-state index in [2.05, 4.69) is 0 Å². The Labute approximate surface area is 133 Å². The number of carbonyl (C=O) groups is 1. The van der Waals surface area contributed by atoms with E-state index in [9.17, 15) is 14.9 Å². The predicted molar refractivity (Wildman–Crippen MR) is 87.3 cm³/mol. The summed E-state index contributed by atoms with van der Waals surface area (Å²) in [4.78, 5) is 15.5. The van der Waals surface area contributed by atoms with E-state index in [1.165, 1.54) is 6.26 Å². The zero-order valence-electron chi connectivity index (χ0n) is 14.3. The Morgan fingerprint density at radius 3 is 2.36 bits per heavy atom. The molecule has 0 aromatic heterocycles. The summed E-state index contributed by atoms with van der Waals surface area (Å²) in [5, 5.41) is 19.4. The van der Waals surface area contributed by atoms with E-state index in [4.69, 9.17) is 4.74 Å². The maximum absolute atomic E-state index is 11.9. The number of carbonyl (C=O) groups excluding carboxylic acids is 1. The van der Waals surface area contributed by atoms with Crippen LogP contribution in [0, 0.1) is 5.92 Å². The zero-order chi connectivity index (χ0) is 16.9. The normalized spacial score (nSPS) is 17.9. The molecule has 2 N–H and O–H groups in total. The van der Waals surface area contributed by atoms with Crippen molar-refractivity contribution in [1.82, 2.24) is 9.71 Å². The molecule has 1 unspecified atom stereocenters. The van der Waals surface area contributed by atoms with Gasteiger partial charge in [0.25, 0.3) is 0 Å². The Balaban J connectivity index is 2.30. The van der Waals surface area contributed by atoms with Crippen LogP contribution >= 0.6 is 0 Å². The van der Waals surface area contributed by atoms with Crippen molar-refractivity contribution in [2.75, 3.05) is 13.1 Å². The second-order valence-electron chi connectivity index (χ2n) is 6.50. The highest BCUT2D eigenvalue weighted by atomic mass is 16.5. The van der Waals surface area contributed by atoms with Gasteiger partial charge in [-0.05, 0) is 60.1 Å². The minimum absolute atomic E-state index is 0.0768. The molecule has 0 saturated carbocycles. The fourth-order valence-electron chi connectivity index (χ4n) is 2.67. The number of hydrogen-bond donors (Lipinski definition) is 2. The van der Waals surface area contributed by atoms with Crippen LogP contribution in [0.25, 0.3) is 0 Å². The molecule has 1 amide bonds. The fourth-order valence-corrected chi connectivity index (χ4v) is 2.67. The number of rotatable bonds is 7. The van der Waals surface area contributed by atoms with E-state index in [0.717, 1.165) is 0 Å². The number of ether oxygens (including phenoxy) is 1. The standard InChI is InChI=1S/C15H29BN2O4/c1-11(2)18(12(3)4)15(20)22-8-6-7-14(19)13-9-17(10-13)16(5)21/h6,8,11-14,19,21H,7,9-10H2,1-5H3. The fraction of sp³-hybridized carbons (Fsp3) is 0.800.